The van der Waals surface area contributed by atoms with Crippen LogP contribution in [0, 0.1) is 0 Å². The topological polar surface area (TPSA) is 64.8 Å². The monoisotopic (exact) mass is 411 g/mol. The van der Waals surface area contributed by atoms with Crippen molar-refractivity contribution in [2.45, 2.75) is 18.9 Å². The maximum Gasteiger partial charge on any atom is 0.202 e. The molecule has 1 saturated heterocycles. The van der Waals surface area contributed by atoms with E-state index in [1.54, 1.807) is 18.5 Å². The second kappa shape index (κ2) is 8.60. The third-order valence-corrected chi connectivity index (χ3v) is 5.99. The summed E-state index contributed by atoms with van der Waals surface area (Å²) in [6, 6.07) is 16.0. The molecule has 1 aromatic carbocycles. The smallest absolute Gasteiger partial charge is 0.202 e. The number of benzene rings is 1. The van der Waals surface area contributed by atoms with E-state index in [4.69, 9.17) is 4.99 Å². The molecule has 5 rings (SSSR count). The fraction of sp³-hybridized carbons (Fsp3) is 0.240. The van der Waals surface area contributed by atoms with Crippen LogP contribution in [0.3, 0.4) is 0 Å². The molecule has 1 fully saturated rings. The number of hydrogen-bond donors (Lipinski definition) is 1. The Hall–Kier alpha value is -3.67. The number of hydrogen-bond acceptors (Lipinski definition) is 6. The van der Waals surface area contributed by atoms with Gasteiger partial charge >= 0.3 is 0 Å². The van der Waals surface area contributed by atoms with Crippen molar-refractivity contribution >= 4 is 11.7 Å². The molecule has 1 N–H and O–H groups in total. The van der Waals surface area contributed by atoms with Gasteiger partial charge in [0.1, 0.15) is 5.75 Å². The van der Waals surface area contributed by atoms with E-state index in [9.17, 15) is 5.11 Å². The number of phenols is 1. The van der Waals surface area contributed by atoms with Gasteiger partial charge in [-0.15, -0.1) is 0 Å². The summed E-state index contributed by atoms with van der Waals surface area (Å²) in [4.78, 5) is 18.1. The standard InChI is InChI=1S/C25H25N5O/c31-24-4-2-1-3-21(24)9-18-30-23(20-7-14-27-15-8-20)11-17-29-16-10-22(28-25(29)30)19-5-12-26-13-6-19/h1-8,10,12-15,23,31H,9,11,16-18H2. The molecule has 31 heavy (non-hydrogen) atoms. The van der Waals surface area contributed by atoms with Crippen molar-refractivity contribution in [3.05, 3.63) is 96.1 Å². The van der Waals surface area contributed by atoms with Crippen molar-refractivity contribution in [3.8, 4) is 5.75 Å². The van der Waals surface area contributed by atoms with Gasteiger partial charge in [-0.3, -0.25) is 9.97 Å². The van der Waals surface area contributed by atoms with Gasteiger partial charge in [0.15, 0.2) is 0 Å². The molecule has 0 aliphatic carbocycles. The molecule has 156 valence electrons. The molecular weight excluding hydrogens is 386 g/mol. The lowest BCUT2D eigenvalue weighted by Gasteiger charge is -2.45. The number of pyridine rings is 2. The summed E-state index contributed by atoms with van der Waals surface area (Å²) in [6.07, 6.45) is 11.3. The third-order valence-electron chi connectivity index (χ3n) is 5.99. The van der Waals surface area contributed by atoms with Gasteiger partial charge in [-0.25, -0.2) is 4.99 Å². The molecule has 0 spiro atoms. The number of aliphatic imine (C=N–C) groups is 1. The largest absolute Gasteiger partial charge is 0.508 e. The van der Waals surface area contributed by atoms with Gasteiger partial charge in [-0.05, 0) is 60.4 Å². The van der Waals surface area contributed by atoms with Crippen molar-refractivity contribution in [1.29, 1.82) is 0 Å². The molecule has 0 bridgehead atoms. The first kappa shape index (κ1) is 19.3. The lowest BCUT2D eigenvalue weighted by Crippen LogP contribution is -2.53. The quantitative estimate of drug-likeness (QED) is 0.690. The summed E-state index contributed by atoms with van der Waals surface area (Å²) < 4.78 is 0. The van der Waals surface area contributed by atoms with Gasteiger partial charge in [0, 0.05) is 50.0 Å². The number of guanidine groups is 1. The number of phenolic OH excluding ortho intramolecular Hbond substituents is 1. The van der Waals surface area contributed by atoms with Gasteiger partial charge in [-0.2, -0.15) is 0 Å². The number of aromatic nitrogens is 2. The highest BCUT2D eigenvalue weighted by Crippen LogP contribution is 2.33. The van der Waals surface area contributed by atoms with E-state index < -0.39 is 0 Å². The van der Waals surface area contributed by atoms with Crippen LogP contribution >= 0.6 is 0 Å². The minimum Gasteiger partial charge on any atom is -0.508 e. The predicted octanol–water partition coefficient (Wildman–Crippen LogP) is 3.88. The molecule has 2 aliphatic heterocycles. The zero-order valence-electron chi connectivity index (χ0n) is 17.3. The lowest BCUT2D eigenvalue weighted by molar-refractivity contribution is 0.198. The Morgan fingerprint density at radius 1 is 0.935 bits per heavy atom. The van der Waals surface area contributed by atoms with E-state index >= 15 is 0 Å². The number of rotatable bonds is 5. The maximum atomic E-state index is 10.3. The fourth-order valence-corrected chi connectivity index (χ4v) is 4.37. The molecule has 1 unspecified atom stereocenters. The van der Waals surface area contributed by atoms with Crippen molar-refractivity contribution < 1.29 is 5.11 Å². The fourth-order valence-electron chi connectivity index (χ4n) is 4.37. The molecule has 6 heteroatoms. The Labute approximate surface area is 182 Å². The van der Waals surface area contributed by atoms with Crippen LogP contribution in [0.25, 0.3) is 5.70 Å². The minimum atomic E-state index is 0.223. The second-order valence-corrected chi connectivity index (χ2v) is 7.84. The maximum absolute atomic E-state index is 10.3. The Morgan fingerprint density at radius 2 is 1.68 bits per heavy atom. The van der Waals surface area contributed by atoms with Crippen LogP contribution in [0.2, 0.25) is 0 Å². The summed E-state index contributed by atoms with van der Waals surface area (Å²) >= 11 is 0. The number of nitrogens with zero attached hydrogens (tertiary/aromatic N) is 5. The average molecular weight is 412 g/mol. The van der Waals surface area contributed by atoms with Crippen molar-refractivity contribution in [1.82, 2.24) is 19.8 Å². The Kier molecular flexibility index (Phi) is 5.35. The zero-order chi connectivity index (χ0) is 21.0. The summed E-state index contributed by atoms with van der Waals surface area (Å²) in [5.41, 5.74) is 4.26. The van der Waals surface area contributed by atoms with Crippen LogP contribution < -0.4 is 0 Å². The average Bonchev–Trinajstić information content (AvgIpc) is 2.84. The molecule has 1 atom stereocenters. The first-order valence-corrected chi connectivity index (χ1v) is 10.7. The summed E-state index contributed by atoms with van der Waals surface area (Å²) in [5, 5.41) is 10.3. The number of fused-ring (bicyclic) bond motifs is 1. The molecule has 2 aromatic heterocycles. The van der Waals surface area contributed by atoms with Crippen LogP contribution in [0.5, 0.6) is 5.75 Å². The summed E-state index contributed by atoms with van der Waals surface area (Å²) in [5.74, 6) is 1.34. The van der Waals surface area contributed by atoms with Gasteiger partial charge in [-0.1, -0.05) is 18.2 Å². The molecule has 0 saturated carbocycles. The molecular formula is C25H25N5O. The van der Waals surface area contributed by atoms with E-state index in [1.807, 2.05) is 42.7 Å². The van der Waals surface area contributed by atoms with E-state index in [0.29, 0.717) is 5.75 Å². The predicted molar refractivity (Wildman–Crippen MR) is 121 cm³/mol. The van der Waals surface area contributed by atoms with Crippen LogP contribution in [0.15, 0.2) is 84.4 Å². The van der Waals surface area contributed by atoms with Crippen LogP contribution in [0.4, 0.5) is 0 Å². The normalized spacial score (nSPS) is 18.3. The lowest BCUT2D eigenvalue weighted by atomic mass is 9.99. The highest BCUT2D eigenvalue weighted by Gasteiger charge is 2.33. The van der Waals surface area contributed by atoms with Crippen molar-refractivity contribution in [2.75, 3.05) is 19.6 Å². The van der Waals surface area contributed by atoms with Crippen LogP contribution in [-0.2, 0) is 6.42 Å². The number of aromatic hydroxyl groups is 1. The van der Waals surface area contributed by atoms with Crippen LogP contribution in [0.1, 0.15) is 29.2 Å². The molecule has 2 aliphatic rings. The van der Waals surface area contributed by atoms with Crippen molar-refractivity contribution in [3.63, 3.8) is 0 Å². The van der Waals surface area contributed by atoms with Gasteiger partial charge in [0.05, 0.1) is 11.7 Å². The van der Waals surface area contributed by atoms with Crippen LogP contribution in [-0.4, -0.2) is 50.5 Å². The van der Waals surface area contributed by atoms with E-state index in [2.05, 4.69) is 38.0 Å². The first-order chi connectivity index (χ1) is 15.3. The zero-order valence-corrected chi connectivity index (χ0v) is 17.3. The van der Waals surface area contributed by atoms with Crippen molar-refractivity contribution in [2.24, 2.45) is 4.99 Å². The molecule has 4 heterocycles. The second-order valence-electron chi connectivity index (χ2n) is 7.84. The van der Waals surface area contributed by atoms with Gasteiger partial charge < -0.3 is 14.9 Å². The first-order valence-electron chi connectivity index (χ1n) is 10.7. The summed E-state index contributed by atoms with van der Waals surface area (Å²) in [7, 11) is 0. The van der Waals surface area contributed by atoms with E-state index in [-0.39, 0.29) is 6.04 Å². The SMILES string of the molecule is Oc1ccccc1CCN1C2=NC(c3ccncc3)=CCN2CCC1c1ccncc1. The minimum absolute atomic E-state index is 0.223. The molecule has 0 amide bonds. The molecule has 6 nitrogen and oxygen atoms in total. The van der Waals surface area contributed by atoms with E-state index in [1.165, 1.54) is 5.56 Å². The number of para-hydroxylation sites is 1. The molecule has 0 radical (unpaired) electrons. The third kappa shape index (κ3) is 4.01. The van der Waals surface area contributed by atoms with E-state index in [0.717, 1.165) is 55.3 Å². The Morgan fingerprint density at radius 3 is 2.45 bits per heavy atom. The highest BCUT2D eigenvalue weighted by atomic mass is 16.3. The van der Waals surface area contributed by atoms with Gasteiger partial charge in [0.2, 0.25) is 5.96 Å². The van der Waals surface area contributed by atoms with Gasteiger partial charge in [0.25, 0.3) is 0 Å². The molecule has 3 aromatic rings. The Bertz CT molecular complexity index is 1100. The summed E-state index contributed by atoms with van der Waals surface area (Å²) in [6.45, 7) is 2.56. The Balaban J connectivity index is 1.49. The highest BCUT2D eigenvalue weighted by molar-refractivity contribution is 5.89.